The molecule has 0 radical (unpaired) electrons. The van der Waals surface area contributed by atoms with Crippen LogP contribution in [0.15, 0.2) is 24.3 Å². The minimum absolute atomic E-state index is 0.0948. The predicted molar refractivity (Wildman–Crippen MR) is 73.8 cm³/mol. The molecule has 0 aromatic heterocycles. The van der Waals surface area contributed by atoms with E-state index in [1.807, 2.05) is 27.7 Å². The van der Waals surface area contributed by atoms with Crippen molar-refractivity contribution in [3.05, 3.63) is 29.8 Å². The third kappa shape index (κ3) is 5.85. The summed E-state index contributed by atoms with van der Waals surface area (Å²) in [4.78, 5) is 0. The van der Waals surface area contributed by atoms with Crippen molar-refractivity contribution in [2.45, 2.75) is 50.2 Å². The highest BCUT2D eigenvalue weighted by Gasteiger charge is 2.31. The van der Waals surface area contributed by atoms with Gasteiger partial charge in [0.25, 0.3) is 0 Å². The van der Waals surface area contributed by atoms with Crippen molar-refractivity contribution >= 4 is 15.9 Å². The standard InChI is InChI=1S/C14H18BrF3O/c1-12(2,15)9-13(3,4)19-11-7-5-10(6-8-11)14(16,17)18/h5-8H,9H2,1-4H3. The minimum Gasteiger partial charge on any atom is -0.488 e. The van der Waals surface area contributed by atoms with E-state index in [-0.39, 0.29) is 4.32 Å². The van der Waals surface area contributed by atoms with E-state index in [0.29, 0.717) is 5.75 Å². The lowest BCUT2D eigenvalue weighted by molar-refractivity contribution is -0.137. The van der Waals surface area contributed by atoms with Gasteiger partial charge in [0.2, 0.25) is 0 Å². The molecule has 0 aliphatic heterocycles. The second-order valence-electron chi connectivity index (χ2n) is 5.78. The van der Waals surface area contributed by atoms with Crippen LogP contribution in [-0.2, 0) is 6.18 Å². The Bertz CT molecular complexity index is 416. The van der Waals surface area contributed by atoms with Gasteiger partial charge in [0.05, 0.1) is 5.56 Å². The molecule has 0 fully saturated rings. The summed E-state index contributed by atoms with van der Waals surface area (Å²) >= 11 is 3.54. The molecule has 1 nitrogen and oxygen atoms in total. The van der Waals surface area contributed by atoms with Crippen LogP contribution in [0.3, 0.4) is 0 Å². The molecule has 0 saturated carbocycles. The fourth-order valence-corrected chi connectivity index (χ4v) is 2.75. The fraction of sp³-hybridized carbons (Fsp3) is 0.571. The number of ether oxygens (including phenoxy) is 1. The highest BCUT2D eigenvalue weighted by atomic mass is 79.9. The Balaban J connectivity index is 2.78. The van der Waals surface area contributed by atoms with Crippen LogP contribution in [0.2, 0.25) is 0 Å². The van der Waals surface area contributed by atoms with Crippen LogP contribution in [0.1, 0.15) is 39.7 Å². The molecule has 0 bridgehead atoms. The Morgan fingerprint density at radius 3 is 1.84 bits per heavy atom. The number of benzene rings is 1. The van der Waals surface area contributed by atoms with Crippen LogP contribution in [0.25, 0.3) is 0 Å². The maximum absolute atomic E-state index is 12.4. The van der Waals surface area contributed by atoms with Gasteiger partial charge in [-0.3, -0.25) is 0 Å². The quantitative estimate of drug-likeness (QED) is 0.665. The molecule has 0 atom stereocenters. The summed E-state index contributed by atoms with van der Waals surface area (Å²) in [5.41, 5.74) is -1.13. The van der Waals surface area contributed by atoms with Crippen molar-refractivity contribution in [2.24, 2.45) is 0 Å². The molecule has 0 saturated heterocycles. The first-order chi connectivity index (χ1) is 8.39. The average molecular weight is 339 g/mol. The fourth-order valence-electron chi connectivity index (χ4n) is 2.08. The highest BCUT2D eigenvalue weighted by Crippen LogP contribution is 2.33. The van der Waals surface area contributed by atoms with Crippen LogP contribution < -0.4 is 4.74 Å². The Hall–Kier alpha value is -0.710. The molecule has 1 aromatic carbocycles. The van der Waals surface area contributed by atoms with E-state index >= 15 is 0 Å². The highest BCUT2D eigenvalue weighted by molar-refractivity contribution is 9.10. The van der Waals surface area contributed by atoms with Crippen LogP contribution >= 0.6 is 15.9 Å². The molecule has 0 amide bonds. The van der Waals surface area contributed by atoms with Crippen molar-refractivity contribution < 1.29 is 17.9 Å². The number of rotatable bonds is 4. The first kappa shape index (κ1) is 16.3. The number of alkyl halides is 4. The smallest absolute Gasteiger partial charge is 0.416 e. The molecule has 108 valence electrons. The maximum Gasteiger partial charge on any atom is 0.416 e. The van der Waals surface area contributed by atoms with E-state index in [4.69, 9.17) is 4.74 Å². The van der Waals surface area contributed by atoms with Gasteiger partial charge in [0.1, 0.15) is 11.4 Å². The van der Waals surface area contributed by atoms with Gasteiger partial charge in [-0.2, -0.15) is 13.2 Å². The third-order valence-corrected chi connectivity index (χ3v) is 2.70. The Kier molecular flexibility index (Phi) is 4.60. The molecular formula is C14H18BrF3O. The van der Waals surface area contributed by atoms with Crippen molar-refractivity contribution in [2.75, 3.05) is 0 Å². The zero-order chi connectivity index (χ0) is 14.9. The van der Waals surface area contributed by atoms with Gasteiger partial charge >= 0.3 is 6.18 Å². The molecule has 0 heterocycles. The summed E-state index contributed by atoms with van der Waals surface area (Å²) in [5, 5.41) is 0. The first-order valence-electron chi connectivity index (χ1n) is 5.94. The lowest BCUT2D eigenvalue weighted by atomic mass is 9.96. The summed E-state index contributed by atoms with van der Waals surface area (Å²) in [6.07, 6.45) is -3.59. The van der Waals surface area contributed by atoms with Gasteiger partial charge in [-0.1, -0.05) is 15.9 Å². The lowest BCUT2D eigenvalue weighted by Crippen LogP contribution is -2.34. The minimum atomic E-state index is -4.31. The molecule has 1 rings (SSSR count). The Morgan fingerprint density at radius 1 is 1.00 bits per heavy atom. The average Bonchev–Trinajstić information content (AvgIpc) is 2.11. The van der Waals surface area contributed by atoms with Gasteiger partial charge in [-0.25, -0.2) is 0 Å². The number of hydrogen-bond acceptors (Lipinski definition) is 1. The summed E-state index contributed by atoms with van der Waals surface area (Å²) in [6.45, 7) is 7.86. The molecule has 19 heavy (non-hydrogen) atoms. The predicted octanol–water partition coefficient (Wildman–Crippen LogP) is 5.43. The third-order valence-electron chi connectivity index (χ3n) is 2.42. The molecule has 0 aliphatic carbocycles. The van der Waals surface area contributed by atoms with Crippen LogP contribution in [0, 0.1) is 0 Å². The van der Waals surface area contributed by atoms with Crippen LogP contribution in [0.4, 0.5) is 13.2 Å². The van der Waals surface area contributed by atoms with Crippen LogP contribution in [-0.4, -0.2) is 9.93 Å². The number of hydrogen-bond donors (Lipinski definition) is 0. The monoisotopic (exact) mass is 338 g/mol. The van der Waals surface area contributed by atoms with Crippen molar-refractivity contribution in [3.8, 4) is 5.75 Å². The van der Waals surface area contributed by atoms with Crippen molar-refractivity contribution in [1.82, 2.24) is 0 Å². The summed E-state index contributed by atoms with van der Waals surface area (Å²) < 4.78 is 43.0. The van der Waals surface area contributed by atoms with E-state index in [1.165, 1.54) is 12.1 Å². The van der Waals surface area contributed by atoms with E-state index in [2.05, 4.69) is 15.9 Å². The second kappa shape index (κ2) is 5.35. The van der Waals surface area contributed by atoms with Crippen LogP contribution in [0.5, 0.6) is 5.75 Å². The van der Waals surface area contributed by atoms with E-state index in [1.54, 1.807) is 0 Å². The Morgan fingerprint density at radius 2 is 1.47 bits per heavy atom. The molecule has 0 N–H and O–H groups in total. The summed E-state index contributed by atoms with van der Waals surface area (Å²) in [7, 11) is 0. The van der Waals surface area contributed by atoms with E-state index in [0.717, 1.165) is 18.6 Å². The van der Waals surface area contributed by atoms with Gasteiger partial charge in [0.15, 0.2) is 0 Å². The van der Waals surface area contributed by atoms with Gasteiger partial charge in [-0.05, 0) is 52.0 Å². The zero-order valence-corrected chi connectivity index (χ0v) is 13.0. The normalized spacial score (nSPS) is 13.5. The topological polar surface area (TPSA) is 9.23 Å². The molecule has 5 heteroatoms. The van der Waals surface area contributed by atoms with Gasteiger partial charge < -0.3 is 4.74 Å². The van der Waals surface area contributed by atoms with Gasteiger partial charge in [0, 0.05) is 10.7 Å². The largest absolute Gasteiger partial charge is 0.488 e. The van der Waals surface area contributed by atoms with Crippen molar-refractivity contribution in [3.63, 3.8) is 0 Å². The van der Waals surface area contributed by atoms with E-state index in [9.17, 15) is 13.2 Å². The number of halogens is 4. The van der Waals surface area contributed by atoms with E-state index < -0.39 is 17.3 Å². The second-order valence-corrected chi connectivity index (χ2v) is 7.93. The molecule has 1 aromatic rings. The lowest BCUT2D eigenvalue weighted by Gasteiger charge is -2.32. The summed E-state index contributed by atoms with van der Waals surface area (Å²) in [6, 6.07) is 4.77. The van der Waals surface area contributed by atoms with Crippen molar-refractivity contribution in [1.29, 1.82) is 0 Å². The molecule has 0 spiro atoms. The van der Waals surface area contributed by atoms with Gasteiger partial charge in [-0.15, -0.1) is 0 Å². The maximum atomic E-state index is 12.4. The molecule has 0 unspecified atom stereocenters. The summed E-state index contributed by atoms with van der Waals surface area (Å²) in [5.74, 6) is 0.440. The SMILES string of the molecule is CC(C)(Br)CC(C)(C)Oc1ccc(C(F)(F)F)cc1. The molecular weight excluding hydrogens is 321 g/mol. The first-order valence-corrected chi connectivity index (χ1v) is 6.74. The Labute approximate surface area is 120 Å². The molecule has 0 aliphatic rings. The zero-order valence-electron chi connectivity index (χ0n) is 11.4.